The van der Waals surface area contributed by atoms with Gasteiger partial charge in [0.15, 0.2) is 0 Å². The molecule has 0 saturated heterocycles. The zero-order chi connectivity index (χ0) is 23.0. The molecule has 0 aliphatic heterocycles. The van der Waals surface area contributed by atoms with E-state index < -0.39 is 0 Å². The molecule has 1 aromatic carbocycles. The molecule has 3 aromatic rings. The van der Waals surface area contributed by atoms with Gasteiger partial charge in [0.2, 0.25) is 0 Å². The summed E-state index contributed by atoms with van der Waals surface area (Å²) in [5.41, 5.74) is 1.56. The van der Waals surface area contributed by atoms with Crippen molar-refractivity contribution < 1.29 is 8.83 Å². The minimum atomic E-state index is -0.250. The number of hydrogen-bond donors (Lipinski definition) is 0. The van der Waals surface area contributed by atoms with Crippen molar-refractivity contribution in [2.45, 2.75) is 76.0 Å². The largest absolute Gasteiger partial charge is 0.428 e. The SMILES string of the molecule is O=c1cc(-c2ccccc2)cc(C2CCCCC2)o1.O=c1cc(Br)cc(C2CCCCC2)o1. The summed E-state index contributed by atoms with van der Waals surface area (Å²) in [6.07, 6.45) is 12.2. The molecule has 174 valence electrons. The van der Waals surface area contributed by atoms with Crippen molar-refractivity contribution in [3.05, 3.63) is 91.4 Å². The van der Waals surface area contributed by atoms with Gasteiger partial charge in [-0.3, -0.25) is 0 Å². The highest BCUT2D eigenvalue weighted by molar-refractivity contribution is 9.10. The third kappa shape index (κ3) is 6.80. The van der Waals surface area contributed by atoms with Crippen LogP contribution >= 0.6 is 15.9 Å². The van der Waals surface area contributed by atoms with Gasteiger partial charge in [0.05, 0.1) is 0 Å². The Labute approximate surface area is 203 Å². The second-order valence-corrected chi connectivity index (χ2v) is 10.0. The molecule has 2 heterocycles. The van der Waals surface area contributed by atoms with Gasteiger partial charge in [-0.25, -0.2) is 9.59 Å². The van der Waals surface area contributed by atoms with Crippen LogP contribution in [0.15, 0.2) is 77.5 Å². The van der Waals surface area contributed by atoms with Crippen LogP contribution in [0.1, 0.15) is 87.6 Å². The van der Waals surface area contributed by atoms with Crippen molar-refractivity contribution in [3.8, 4) is 11.1 Å². The lowest BCUT2D eigenvalue weighted by molar-refractivity contribution is 0.354. The Morgan fingerprint density at radius 1 is 0.606 bits per heavy atom. The Kier molecular flexibility index (Phi) is 8.38. The summed E-state index contributed by atoms with van der Waals surface area (Å²) in [7, 11) is 0. The Balaban J connectivity index is 0.000000165. The third-order valence-electron chi connectivity index (χ3n) is 6.67. The van der Waals surface area contributed by atoms with Gasteiger partial charge >= 0.3 is 11.3 Å². The summed E-state index contributed by atoms with van der Waals surface area (Å²) in [5, 5.41) is 0. The molecule has 5 heteroatoms. The molecule has 0 radical (unpaired) electrons. The van der Waals surface area contributed by atoms with Crippen molar-refractivity contribution in [2.24, 2.45) is 0 Å². The van der Waals surface area contributed by atoms with Crippen LogP contribution in [0.25, 0.3) is 11.1 Å². The normalized spacial score (nSPS) is 17.2. The fourth-order valence-electron chi connectivity index (χ4n) is 4.94. The standard InChI is InChI=1S/C17H18O2.C11H13BrO2/c18-17-12-15(13-7-3-1-4-8-13)11-16(19-17)14-9-5-2-6-10-14;12-9-6-10(14-11(13)7-9)8-4-2-1-3-5-8/h1,3-4,7-8,11-12,14H,2,5-6,9-10H2;6-8H,1-5H2. The van der Waals surface area contributed by atoms with Crippen molar-refractivity contribution in [1.29, 1.82) is 0 Å². The van der Waals surface area contributed by atoms with E-state index in [1.165, 1.54) is 44.6 Å². The molecule has 0 spiro atoms. The van der Waals surface area contributed by atoms with E-state index in [1.807, 2.05) is 42.5 Å². The van der Waals surface area contributed by atoms with E-state index in [-0.39, 0.29) is 11.3 Å². The summed E-state index contributed by atoms with van der Waals surface area (Å²) in [4.78, 5) is 22.9. The molecule has 0 bridgehead atoms. The van der Waals surface area contributed by atoms with E-state index in [0.29, 0.717) is 11.8 Å². The van der Waals surface area contributed by atoms with E-state index in [2.05, 4.69) is 15.9 Å². The van der Waals surface area contributed by atoms with Gasteiger partial charge in [-0.2, -0.15) is 0 Å². The summed E-state index contributed by atoms with van der Waals surface area (Å²) in [6, 6.07) is 17.0. The predicted molar refractivity (Wildman–Crippen MR) is 135 cm³/mol. The van der Waals surface area contributed by atoms with Gasteiger partial charge in [0, 0.05) is 28.4 Å². The van der Waals surface area contributed by atoms with Crippen molar-refractivity contribution in [3.63, 3.8) is 0 Å². The molecular formula is C28H31BrO4. The highest BCUT2D eigenvalue weighted by Gasteiger charge is 2.19. The second-order valence-electron chi connectivity index (χ2n) is 9.10. The number of benzene rings is 1. The van der Waals surface area contributed by atoms with Gasteiger partial charge < -0.3 is 8.83 Å². The van der Waals surface area contributed by atoms with Gasteiger partial charge in [-0.15, -0.1) is 0 Å². The molecule has 2 saturated carbocycles. The first-order valence-corrected chi connectivity index (χ1v) is 12.9. The second kappa shape index (κ2) is 11.6. The zero-order valence-electron chi connectivity index (χ0n) is 18.9. The van der Waals surface area contributed by atoms with E-state index in [0.717, 1.165) is 52.8 Å². The molecule has 0 amide bonds. The molecule has 0 N–H and O–H groups in total. The number of hydrogen-bond acceptors (Lipinski definition) is 4. The van der Waals surface area contributed by atoms with Crippen molar-refractivity contribution >= 4 is 15.9 Å². The Bertz CT molecular complexity index is 1140. The Hall–Kier alpha value is -2.40. The first kappa shape index (κ1) is 23.7. The van der Waals surface area contributed by atoms with Crippen LogP contribution in [0.4, 0.5) is 0 Å². The first-order chi connectivity index (χ1) is 16.1. The zero-order valence-corrected chi connectivity index (χ0v) is 20.5. The van der Waals surface area contributed by atoms with E-state index >= 15 is 0 Å². The molecule has 5 rings (SSSR count). The predicted octanol–water partition coefficient (Wildman–Crippen LogP) is 7.80. The molecule has 0 atom stereocenters. The summed E-state index contributed by atoms with van der Waals surface area (Å²) < 4.78 is 11.5. The quantitative estimate of drug-likeness (QED) is 0.360. The maximum Gasteiger partial charge on any atom is 0.336 e. The molecule has 2 aliphatic rings. The maximum atomic E-state index is 11.8. The summed E-state index contributed by atoms with van der Waals surface area (Å²) in [5.74, 6) is 2.59. The first-order valence-electron chi connectivity index (χ1n) is 12.1. The average molecular weight is 511 g/mol. The highest BCUT2D eigenvalue weighted by atomic mass is 79.9. The lowest BCUT2D eigenvalue weighted by atomic mass is 9.87. The van der Waals surface area contributed by atoms with Crippen LogP contribution in [0.3, 0.4) is 0 Å². The topological polar surface area (TPSA) is 60.4 Å². The van der Waals surface area contributed by atoms with E-state index in [1.54, 1.807) is 6.07 Å². The van der Waals surface area contributed by atoms with Crippen molar-refractivity contribution in [1.82, 2.24) is 0 Å². The van der Waals surface area contributed by atoms with E-state index in [9.17, 15) is 9.59 Å². The maximum absolute atomic E-state index is 11.8. The Morgan fingerprint density at radius 2 is 1.12 bits per heavy atom. The fourth-order valence-corrected chi connectivity index (χ4v) is 5.35. The van der Waals surface area contributed by atoms with Crippen LogP contribution in [0.2, 0.25) is 0 Å². The highest BCUT2D eigenvalue weighted by Crippen LogP contribution is 2.34. The van der Waals surface area contributed by atoms with Crippen molar-refractivity contribution in [2.75, 3.05) is 0 Å². The van der Waals surface area contributed by atoms with E-state index in [4.69, 9.17) is 8.83 Å². The van der Waals surface area contributed by atoms with Crippen LogP contribution in [0, 0.1) is 0 Å². The minimum absolute atomic E-state index is 0.234. The molecule has 2 aliphatic carbocycles. The smallest absolute Gasteiger partial charge is 0.336 e. The molecule has 2 aromatic heterocycles. The minimum Gasteiger partial charge on any atom is -0.428 e. The Morgan fingerprint density at radius 3 is 1.67 bits per heavy atom. The molecular weight excluding hydrogens is 480 g/mol. The van der Waals surface area contributed by atoms with Gasteiger partial charge in [-0.1, -0.05) is 84.8 Å². The number of rotatable bonds is 3. The average Bonchev–Trinajstić information content (AvgIpc) is 2.85. The summed E-state index contributed by atoms with van der Waals surface area (Å²) >= 11 is 3.32. The molecule has 4 nitrogen and oxygen atoms in total. The number of halogens is 1. The van der Waals surface area contributed by atoms with Gasteiger partial charge in [0.1, 0.15) is 11.5 Å². The van der Waals surface area contributed by atoms with Crippen LogP contribution < -0.4 is 11.3 Å². The molecule has 2 fully saturated rings. The molecule has 33 heavy (non-hydrogen) atoms. The lowest BCUT2D eigenvalue weighted by Gasteiger charge is -2.20. The molecule has 0 unspecified atom stereocenters. The van der Waals surface area contributed by atoms with Crippen LogP contribution in [0.5, 0.6) is 0 Å². The third-order valence-corrected chi connectivity index (χ3v) is 7.12. The van der Waals surface area contributed by atoms with Gasteiger partial charge in [0.25, 0.3) is 0 Å². The van der Waals surface area contributed by atoms with Gasteiger partial charge in [-0.05, 0) is 48.9 Å². The van der Waals surface area contributed by atoms with Crippen LogP contribution in [-0.2, 0) is 0 Å². The summed E-state index contributed by atoms with van der Waals surface area (Å²) in [6.45, 7) is 0. The fraction of sp³-hybridized carbons (Fsp3) is 0.429. The lowest BCUT2D eigenvalue weighted by Crippen LogP contribution is -2.08. The van der Waals surface area contributed by atoms with Crippen LogP contribution in [-0.4, -0.2) is 0 Å². The monoisotopic (exact) mass is 510 g/mol.